The molecule has 0 radical (unpaired) electrons. The zero-order chi connectivity index (χ0) is 15.8. The molecule has 0 saturated heterocycles. The first-order chi connectivity index (χ1) is 9.74. The van der Waals surface area contributed by atoms with Crippen LogP contribution in [0.5, 0.6) is 0 Å². The van der Waals surface area contributed by atoms with Gasteiger partial charge in [0, 0.05) is 32.1 Å². The first-order valence-corrected chi connectivity index (χ1v) is 7.65. The predicted octanol–water partition coefficient (Wildman–Crippen LogP) is 2.11. The van der Waals surface area contributed by atoms with Crippen LogP contribution >= 0.6 is 0 Å². The average molecular weight is 308 g/mol. The van der Waals surface area contributed by atoms with Crippen LogP contribution in [0.2, 0.25) is 0 Å². The van der Waals surface area contributed by atoms with Crippen molar-refractivity contribution in [3.63, 3.8) is 0 Å². The molecule has 2 N–H and O–H groups in total. The minimum absolute atomic E-state index is 0.235. The molecule has 7 heteroatoms. The molecular formula is C14H16N2O4S. The molecule has 0 spiro atoms. The molecule has 0 fully saturated rings. The number of fused-ring (bicyclic) bond motifs is 1. The largest absolute Gasteiger partial charge is 0.388 e. The fraction of sp³-hybridized carbons (Fsp3) is 0.214. The lowest BCUT2D eigenvalue weighted by Crippen LogP contribution is -2.23. The Bertz CT molecular complexity index is 815. The van der Waals surface area contributed by atoms with Crippen LogP contribution in [0, 0.1) is 0 Å². The second kappa shape index (κ2) is 5.34. The van der Waals surface area contributed by atoms with Crippen molar-refractivity contribution < 1.29 is 17.8 Å². The third-order valence-electron chi connectivity index (χ3n) is 3.32. The number of hydrogen-bond donors (Lipinski definition) is 2. The van der Waals surface area contributed by atoms with E-state index >= 15 is 0 Å². The van der Waals surface area contributed by atoms with Crippen molar-refractivity contribution >= 4 is 38.2 Å². The smallest absolute Gasteiger partial charge is 0.294 e. The van der Waals surface area contributed by atoms with Crippen molar-refractivity contribution in [3.05, 3.63) is 30.3 Å². The minimum Gasteiger partial charge on any atom is -0.388 e. The number of hydrogen-bond acceptors (Lipinski definition) is 4. The van der Waals surface area contributed by atoms with Gasteiger partial charge in [0.1, 0.15) is 0 Å². The summed E-state index contributed by atoms with van der Waals surface area (Å²) in [5, 5.41) is 4.29. The van der Waals surface area contributed by atoms with Crippen LogP contribution in [0.3, 0.4) is 0 Å². The summed E-state index contributed by atoms with van der Waals surface area (Å²) in [4.78, 5) is 12.7. The topological polar surface area (TPSA) is 86.7 Å². The molecule has 2 rings (SSSR count). The second-order valence-corrected chi connectivity index (χ2v) is 6.10. The molecule has 6 nitrogen and oxygen atoms in total. The van der Waals surface area contributed by atoms with Gasteiger partial charge in [0.25, 0.3) is 10.1 Å². The first-order valence-electron chi connectivity index (χ1n) is 6.21. The van der Waals surface area contributed by atoms with Crippen molar-refractivity contribution in [1.29, 1.82) is 0 Å². The number of benzene rings is 2. The van der Waals surface area contributed by atoms with Gasteiger partial charge in [-0.3, -0.25) is 9.35 Å². The number of nitrogens with one attached hydrogen (secondary N) is 1. The van der Waals surface area contributed by atoms with Crippen molar-refractivity contribution in [2.75, 3.05) is 24.3 Å². The molecule has 0 unspecified atom stereocenters. The lowest BCUT2D eigenvalue weighted by molar-refractivity contribution is -0.116. The third kappa shape index (κ3) is 2.98. The number of carbonyl (C=O) groups is 1. The molecule has 0 aliphatic rings. The Morgan fingerprint density at radius 1 is 1.24 bits per heavy atom. The molecule has 2 aromatic rings. The van der Waals surface area contributed by atoms with E-state index in [1.54, 1.807) is 26.2 Å². The molecule has 0 saturated carbocycles. The molecule has 0 bridgehead atoms. The highest BCUT2D eigenvalue weighted by atomic mass is 32.2. The maximum absolute atomic E-state index is 11.6. The van der Waals surface area contributed by atoms with Gasteiger partial charge in [-0.25, -0.2) is 0 Å². The monoisotopic (exact) mass is 308 g/mol. The summed E-state index contributed by atoms with van der Waals surface area (Å²) in [5.41, 5.74) is 1.22. The van der Waals surface area contributed by atoms with Crippen molar-refractivity contribution in [1.82, 2.24) is 0 Å². The molecule has 0 atom stereocenters. The number of anilines is 2. The van der Waals surface area contributed by atoms with E-state index < -0.39 is 10.1 Å². The highest BCUT2D eigenvalue weighted by Crippen LogP contribution is 2.31. The summed E-state index contributed by atoms with van der Waals surface area (Å²) in [5.74, 6) is -0.235. The van der Waals surface area contributed by atoms with E-state index in [0.717, 1.165) is 11.1 Å². The average Bonchev–Trinajstić information content (AvgIpc) is 2.43. The van der Waals surface area contributed by atoms with Gasteiger partial charge in [0.15, 0.2) is 0 Å². The Labute approximate surface area is 123 Å². The summed E-state index contributed by atoms with van der Waals surface area (Å²) >= 11 is 0. The molecule has 21 heavy (non-hydrogen) atoms. The van der Waals surface area contributed by atoms with Crippen LogP contribution in [-0.4, -0.2) is 33.0 Å². The molecule has 1 amide bonds. The Kier molecular flexibility index (Phi) is 3.89. The lowest BCUT2D eigenvalue weighted by atomic mass is 10.1. The van der Waals surface area contributed by atoms with E-state index in [9.17, 15) is 17.8 Å². The van der Waals surface area contributed by atoms with E-state index in [0.29, 0.717) is 11.1 Å². The van der Waals surface area contributed by atoms with Gasteiger partial charge >= 0.3 is 0 Å². The van der Waals surface area contributed by atoms with Gasteiger partial charge < -0.3 is 10.2 Å². The van der Waals surface area contributed by atoms with Crippen LogP contribution in [0.1, 0.15) is 6.92 Å². The quantitative estimate of drug-likeness (QED) is 0.848. The van der Waals surface area contributed by atoms with E-state index in [1.165, 1.54) is 24.0 Å². The van der Waals surface area contributed by atoms with Gasteiger partial charge in [0.2, 0.25) is 5.91 Å². The highest BCUT2D eigenvalue weighted by Gasteiger charge is 2.17. The second-order valence-electron chi connectivity index (χ2n) is 4.68. The van der Waals surface area contributed by atoms with E-state index in [-0.39, 0.29) is 10.8 Å². The fourth-order valence-corrected chi connectivity index (χ4v) is 2.61. The Hall–Kier alpha value is -2.12. The summed E-state index contributed by atoms with van der Waals surface area (Å²) in [7, 11) is -1.06. The predicted molar refractivity (Wildman–Crippen MR) is 82.4 cm³/mol. The van der Waals surface area contributed by atoms with Crippen molar-refractivity contribution in [3.8, 4) is 0 Å². The molecule has 0 aromatic heterocycles. The number of carbonyl (C=O) groups excluding carboxylic acids is 1. The van der Waals surface area contributed by atoms with E-state index in [4.69, 9.17) is 0 Å². The summed E-state index contributed by atoms with van der Waals surface area (Å²) in [6.07, 6.45) is 0. The molecule has 2 aromatic carbocycles. The van der Waals surface area contributed by atoms with Crippen molar-refractivity contribution in [2.24, 2.45) is 0 Å². The van der Waals surface area contributed by atoms with Gasteiger partial charge in [0.05, 0.1) is 10.6 Å². The van der Waals surface area contributed by atoms with Gasteiger partial charge in [-0.15, -0.1) is 0 Å². The SMILES string of the molecule is CNc1ccc2c(N(C)C(C)=O)cc(S(=O)(=O)O)cc2c1. The number of amides is 1. The standard InChI is InChI=1S/C14H16N2O4S/c1-9(17)16(3)14-8-12(21(18,19)20)7-10-6-11(15-2)4-5-13(10)14/h4-8,15H,1-3H3,(H,18,19,20). The zero-order valence-corrected chi connectivity index (χ0v) is 12.7. The zero-order valence-electron chi connectivity index (χ0n) is 11.9. The molecule has 112 valence electrons. The summed E-state index contributed by atoms with van der Waals surface area (Å²) in [6.45, 7) is 1.38. The minimum atomic E-state index is -4.35. The third-order valence-corrected chi connectivity index (χ3v) is 4.16. The molecular weight excluding hydrogens is 292 g/mol. The van der Waals surface area contributed by atoms with Crippen LogP contribution in [0.4, 0.5) is 11.4 Å². The van der Waals surface area contributed by atoms with Crippen LogP contribution in [0.15, 0.2) is 35.2 Å². The fourth-order valence-electron chi connectivity index (χ4n) is 2.07. The van der Waals surface area contributed by atoms with Gasteiger partial charge in [-0.1, -0.05) is 6.07 Å². The van der Waals surface area contributed by atoms with E-state index in [2.05, 4.69) is 5.32 Å². The Balaban J connectivity index is 2.84. The molecule has 0 aliphatic heterocycles. The maximum atomic E-state index is 11.6. The number of rotatable bonds is 3. The van der Waals surface area contributed by atoms with Crippen LogP contribution < -0.4 is 10.2 Å². The Morgan fingerprint density at radius 3 is 2.43 bits per heavy atom. The first kappa shape index (κ1) is 15.3. The van der Waals surface area contributed by atoms with Crippen LogP contribution in [0.25, 0.3) is 10.8 Å². The summed E-state index contributed by atoms with van der Waals surface area (Å²) in [6, 6.07) is 8.04. The highest BCUT2D eigenvalue weighted by molar-refractivity contribution is 7.85. The Morgan fingerprint density at radius 2 is 1.90 bits per heavy atom. The lowest BCUT2D eigenvalue weighted by Gasteiger charge is -2.19. The van der Waals surface area contributed by atoms with Crippen molar-refractivity contribution in [2.45, 2.75) is 11.8 Å². The van der Waals surface area contributed by atoms with Gasteiger partial charge in [-0.2, -0.15) is 8.42 Å². The maximum Gasteiger partial charge on any atom is 0.294 e. The normalized spacial score (nSPS) is 11.4. The van der Waals surface area contributed by atoms with E-state index in [1.807, 2.05) is 6.07 Å². The van der Waals surface area contributed by atoms with Crippen LogP contribution in [-0.2, 0) is 14.9 Å². The van der Waals surface area contributed by atoms with Gasteiger partial charge in [-0.05, 0) is 29.7 Å². The summed E-state index contributed by atoms with van der Waals surface area (Å²) < 4.78 is 32.1. The molecule has 0 heterocycles. The number of nitrogens with zero attached hydrogens (tertiary/aromatic N) is 1. The molecule has 0 aliphatic carbocycles.